The van der Waals surface area contributed by atoms with Gasteiger partial charge in [-0.2, -0.15) is 0 Å². The molecule has 0 saturated carbocycles. The molecule has 3 rings (SSSR count). The number of benzene rings is 1. The Morgan fingerprint density at radius 1 is 1.26 bits per heavy atom. The topological polar surface area (TPSA) is 77.6 Å². The first-order valence-electron chi connectivity index (χ1n) is 10.5. The number of likely N-dealkylation sites (N-methyl/N-ethyl adjacent to an activating group) is 1. The van der Waals surface area contributed by atoms with Crippen LogP contribution in [0.15, 0.2) is 36.5 Å². The standard InChI is InChI=1S/C23H30FN5O2/c1-15(2)22(30)28(4)19-9-10-29(14-19)13-17-6-8-20(24)21(11-17)27-23(31)26-18-7-5-16(3)25-12-18/h5-8,11-12,15,19H,9-10,13-14H2,1-4H3,(H2,26,27,31)/t19-/m1/s1. The smallest absolute Gasteiger partial charge is 0.323 e. The Labute approximate surface area is 182 Å². The van der Waals surface area contributed by atoms with Crippen molar-refractivity contribution >= 4 is 23.3 Å². The number of pyridine rings is 1. The van der Waals surface area contributed by atoms with E-state index >= 15 is 0 Å². The number of carbonyl (C=O) groups is 2. The number of urea groups is 1. The SMILES string of the molecule is Cc1ccc(NC(=O)Nc2cc(CN3CC[C@@H](N(C)C(=O)C(C)C)C3)ccc2F)cn1. The molecule has 166 valence electrons. The summed E-state index contributed by atoms with van der Waals surface area (Å²) in [5.41, 5.74) is 2.39. The third-order valence-corrected chi connectivity index (χ3v) is 5.49. The number of nitrogens with one attached hydrogen (secondary N) is 2. The Balaban J connectivity index is 1.59. The van der Waals surface area contributed by atoms with E-state index in [0.29, 0.717) is 12.2 Å². The zero-order valence-electron chi connectivity index (χ0n) is 18.5. The lowest BCUT2D eigenvalue weighted by Gasteiger charge is -2.26. The molecule has 2 N–H and O–H groups in total. The van der Waals surface area contributed by atoms with Crippen LogP contribution in [0.25, 0.3) is 0 Å². The minimum Gasteiger partial charge on any atom is -0.341 e. The predicted octanol–water partition coefficient (Wildman–Crippen LogP) is 3.86. The maximum absolute atomic E-state index is 14.3. The van der Waals surface area contributed by atoms with E-state index in [0.717, 1.165) is 30.8 Å². The van der Waals surface area contributed by atoms with E-state index in [1.807, 2.05) is 32.7 Å². The highest BCUT2D eigenvalue weighted by atomic mass is 19.1. The fraction of sp³-hybridized carbons (Fsp3) is 0.435. The molecule has 0 unspecified atom stereocenters. The number of nitrogens with zero attached hydrogens (tertiary/aromatic N) is 3. The van der Waals surface area contributed by atoms with Gasteiger partial charge in [-0.3, -0.25) is 14.7 Å². The molecule has 0 radical (unpaired) electrons. The highest BCUT2D eigenvalue weighted by Gasteiger charge is 2.29. The van der Waals surface area contributed by atoms with Crippen molar-refractivity contribution in [2.24, 2.45) is 5.92 Å². The second-order valence-corrected chi connectivity index (χ2v) is 8.36. The molecule has 1 fully saturated rings. The Morgan fingerprint density at radius 3 is 2.71 bits per heavy atom. The number of rotatable bonds is 6. The van der Waals surface area contributed by atoms with Gasteiger partial charge in [0.05, 0.1) is 17.6 Å². The van der Waals surface area contributed by atoms with Gasteiger partial charge in [0.2, 0.25) is 5.91 Å². The quantitative estimate of drug-likeness (QED) is 0.734. The molecule has 2 aromatic rings. The maximum atomic E-state index is 14.3. The summed E-state index contributed by atoms with van der Waals surface area (Å²) in [5, 5.41) is 5.22. The highest BCUT2D eigenvalue weighted by molar-refractivity contribution is 5.99. The zero-order valence-corrected chi connectivity index (χ0v) is 18.5. The van der Waals surface area contributed by atoms with Crippen LogP contribution in [0.5, 0.6) is 0 Å². The first-order valence-corrected chi connectivity index (χ1v) is 10.5. The number of likely N-dealkylation sites (tertiary alicyclic amines) is 1. The second kappa shape index (κ2) is 9.87. The molecule has 1 aromatic carbocycles. The molecule has 1 atom stereocenters. The molecule has 7 nitrogen and oxygen atoms in total. The van der Waals surface area contributed by atoms with Crippen molar-refractivity contribution in [1.29, 1.82) is 0 Å². The van der Waals surface area contributed by atoms with E-state index in [-0.39, 0.29) is 23.6 Å². The number of anilines is 2. The molecule has 3 amide bonds. The molecule has 1 aliphatic heterocycles. The molecule has 8 heteroatoms. The molecule has 31 heavy (non-hydrogen) atoms. The summed E-state index contributed by atoms with van der Waals surface area (Å²) in [5.74, 6) is -0.371. The number of halogens is 1. The van der Waals surface area contributed by atoms with Crippen molar-refractivity contribution in [3.8, 4) is 0 Å². The first-order chi connectivity index (χ1) is 14.7. The van der Waals surface area contributed by atoms with Crippen molar-refractivity contribution in [1.82, 2.24) is 14.8 Å². The van der Waals surface area contributed by atoms with Crippen molar-refractivity contribution in [2.75, 3.05) is 30.8 Å². The van der Waals surface area contributed by atoms with Gasteiger partial charge in [-0.1, -0.05) is 19.9 Å². The van der Waals surface area contributed by atoms with Gasteiger partial charge in [0.25, 0.3) is 0 Å². The van der Waals surface area contributed by atoms with Gasteiger partial charge in [-0.15, -0.1) is 0 Å². The lowest BCUT2D eigenvalue weighted by Crippen LogP contribution is -2.41. The fourth-order valence-corrected chi connectivity index (χ4v) is 3.71. The van der Waals surface area contributed by atoms with E-state index in [9.17, 15) is 14.0 Å². The molecule has 1 aliphatic rings. The average Bonchev–Trinajstić information content (AvgIpc) is 3.19. The summed E-state index contributed by atoms with van der Waals surface area (Å²) in [6.07, 6.45) is 2.46. The van der Waals surface area contributed by atoms with E-state index in [2.05, 4.69) is 20.5 Å². The molecule has 0 spiro atoms. The summed E-state index contributed by atoms with van der Waals surface area (Å²) in [7, 11) is 1.86. The van der Waals surface area contributed by atoms with Crippen LogP contribution < -0.4 is 10.6 Å². The minimum atomic E-state index is -0.531. The van der Waals surface area contributed by atoms with Crippen LogP contribution in [0.4, 0.5) is 20.6 Å². The molecule has 1 saturated heterocycles. The second-order valence-electron chi connectivity index (χ2n) is 8.36. The number of amides is 3. The normalized spacial score (nSPS) is 16.4. The number of carbonyl (C=O) groups excluding carboxylic acids is 2. The van der Waals surface area contributed by atoms with Crippen LogP contribution in [-0.4, -0.2) is 52.9 Å². The van der Waals surface area contributed by atoms with E-state index < -0.39 is 11.8 Å². The number of aromatic nitrogens is 1. The molecule has 0 aliphatic carbocycles. The molecular weight excluding hydrogens is 397 g/mol. The van der Waals surface area contributed by atoms with Gasteiger partial charge >= 0.3 is 6.03 Å². The molecule has 1 aromatic heterocycles. The summed E-state index contributed by atoms with van der Waals surface area (Å²) >= 11 is 0. The summed E-state index contributed by atoms with van der Waals surface area (Å²) in [6, 6.07) is 7.90. The first kappa shape index (κ1) is 22.7. The Bertz CT molecular complexity index is 932. The van der Waals surface area contributed by atoms with Gasteiger partial charge in [0, 0.05) is 44.3 Å². The predicted molar refractivity (Wildman–Crippen MR) is 119 cm³/mol. The van der Waals surface area contributed by atoms with Gasteiger partial charge in [-0.05, 0) is 43.2 Å². The highest BCUT2D eigenvalue weighted by Crippen LogP contribution is 2.22. The number of hydrogen-bond donors (Lipinski definition) is 2. The molecule has 0 bridgehead atoms. The lowest BCUT2D eigenvalue weighted by atomic mass is 10.1. The average molecular weight is 428 g/mol. The van der Waals surface area contributed by atoms with Crippen molar-refractivity contribution < 1.29 is 14.0 Å². The van der Waals surface area contributed by atoms with Gasteiger partial charge < -0.3 is 15.5 Å². The monoisotopic (exact) mass is 427 g/mol. The van der Waals surface area contributed by atoms with Gasteiger partial charge in [-0.25, -0.2) is 9.18 Å². The Kier molecular flexibility index (Phi) is 7.22. The number of hydrogen-bond acceptors (Lipinski definition) is 4. The molecule has 2 heterocycles. The largest absolute Gasteiger partial charge is 0.341 e. The minimum absolute atomic E-state index is 0.0216. The third kappa shape index (κ3) is 6.01. The van der Waals surface area contributed by atoms with Gasteiger partial charge in [0.15, 0.2) is 0 Å². The van der Waals surface area contributed by atoms with Crippen LogP contribution in [-0.2, 0) is 11.3 Å². The Hall–Kier alpha value is -3.00. The maximum Gasteiger partial charge on any atom is 0.323 e. The Morgan fingerprint density at radius 2 is 2.03 bits per heavy atom. The summed E-state index contributed by atoms with van der Waals surface area (Å²) in [6.45, 7) is 7.93. The van der Waals surface area contributed by atoms with Crippen molar-refractivity contribution in [3.05, 3.63) is 53.6 Å². The fourth-order valence-electron chi connectivity index (χ4n) is 3.71. The van der Waals surface area contributed by atoms with Crippen LogP contribution >= 0.6 is 0 Å². The summed E-state index contributed by atoms with van der Waals surface area (Å²) in [4.78, 5) is 32.7. The summed E-state index contributed by atoms with van der Waals surface area (Å²) < 4.78 is 14.3. The molecular formula is C23H30FN5O2. The van der Waals surface area contributed by atoms with Crippen LogP contribution in [0.3, 0.4) is 0 Å². The van der Waals surface area contributed by atoms with Crippen LogP contribution in [0.2, 0.25) is 0 Å². The van der Waals surface area contributed by atoms with Crippen molar-refractivity contribution in [2.45, 2.75) is 39.8 Å². The van der Waals surface area contributed by atoms with Crippen LogP contribution in [0, 0.1) is 18.7 Å². The lowest BCUT2D eigenvalue weighted by molar-refractivity contribution is -0.135. The third-order valence-electron chi connectivity index (χ3n) is 5.49. The van der Waals surface area contributed by atoms with E-state index in [1.54, 1.807) is 30.5 Å². The van der Waals surface area contributed by atoms with Crippen molar-refractivity contribution in [3.63, 3.8) is 0 Å². The van der Waals surface area contributed by atoms with Crippen LogP contribution in [0.1, 0.15) is 31.5 Å². The van der Waals surface area contributed by atoms with E-state index in [1.165, 1.54) is 6.07 Å². The zero-order chi connectivity index (χ0) is 22.5. The van der Waals surface area contributed by atoms with E-state index in [4.69, 9.17) is 0 Å². The van der Waals surface area contributed by atoms with Gasteiger partial charge in [0.1, 0.15) is 5.82 Å². The number of aryl methyl sites for hydroxylation is 1.